The van der Waals surface area contributed by atoms with E-state index in [1.165, 1.54) is 37.5 Å². The summed E-state index contributed by atoms with van der Waals surface area (Å²) in [5.41, 5.74) is 0.729. The molecule has 0 saturated carbocycles. The largest absolute Gasteiger partial charge is 0.507 e. The molecule has 0 amide bonds. The summed E-state index contributed by atoms with van der Waals surface area (Å²) in [6.07, 6.45) is 6.51. The minimum Gasteiger partial charge on any atom is -0.507 e. The third-order valence-corrected chi connectivity index (χ3v) is 4.36. The van der Waals surface area contributed by atoms with E-state index in [2.05, 4.69) is 0 Å². The lowest BCUT2D eigenvalue weighted by Crippen LogP contribution is -2.41. The molecule has 1 aromatic carbocycles. The van der Waals surface area contributed by atoms with Crippen LogP contribution in [0.4, 0.5) is 0 Å². The molecule has 154 valence electrons. The molecule has 2 aromatic rings. The molecule has 1 aromatic heterocycles. The third kappa shape index (κ3) is 6.76. The first kappa shape index (κ1) is 22.2. The predicted octanol–water partition coefficient (Wildman–Crippen LogP) is 3.83. The Kier molecular flexibility index (Phi) is 7.18. The molecule has 0 radical (unpaired) electrons. The molecule has 1 heterocycles. The maximum Gasteiger partial charge on any atom is 0.331 e. The summed E-state index contributed by atoms with van der Waals surface area (Å²) in [6, 6.07) is 6.70. The number of carbonyl (C=O) groups is 2. The highest BCUT2D eigenvalue weighted by Gasteiger charge is 2.31. The van der Waals surface area contributed by atoms with Crippen LogP contribution >= 0.6 is 0 Å². The Morgan fingerprint density at radius 1 is 1.24 bits per heavy atom. The van der Waals surface area contributed by atoms with Gasteiger partial charge in [-0.2, -0.15) is 0 Å². The summed E-state index contributed by atoms with van der Waals surface area (Å²) in [4.78, 5) is 23.4. The Morgan fingerprint density at radius 2 is 1.97 bits per heavy atom. The molecular weight excluding hydrogens is 372 g/mol. The van der Waals surface area contributed by atoms with Gasteiger partial charge in [0.05, 0.1) is 11.9 Å². The van der Waals surface area contributed by atoms with Gasteiger partial charge in [0.1, 0.15) is 17.6 Å². The number of aromatic hydroxyl groups is 1. The lowest BCUT2D eigenvalue weighted by molar-refractivity contribution is -0.155. The number of phenols is 1. The zero-order valence-corrected chi connectivity index (χ0v) is 17.0. The van der Waals surface area contributed by atoms with Gasteiger partial charge in [-0.05, 0) is 81.3 Å². The van der Waals surface area contributed by atoms with Gasteiger partial charge in [0, 0.05) is 18.1 Å². The molecule has 6 nitrogen and oxygen atoms in total. The molecule has 0 spiro atoms. The van der Waals surface area contributed by atoms with E-state index in [1.807, 2.05) is 6.92 Å². The Labute approximate surface area is 170 Å². The monoisotopic (exact) mass is 398 g/mol. The molecule has 1 atom stereocenters. The van der Waals surface area contributed by atoms with Gasteiger partial charge in [-0.1, -0.05) is 0 Å². The molecule has 0 bridgehead atoms. The molecule has 6 heteroatoms. The number of aliphatic hydroxyl groups is 1. The molecular formula is C23H26O6. The van der Waals surface area contributed by atoms with Crippen molar-refractivity contribution < 1.29 is 29.0 Å². The van der Waals surface area contributed by atoms with Gasteiger partial charge in [0.15, 0.2) is 5.78 Å². The molecule has 29 heavy (non-hydrogen) atoms. The van der Waals surface area contributed by atoms with Crippen LogP contribution in [-0.4, -0.2) is 33.7 Å². The summed E-state index contributed by atoms with van der Waals surface area (Å²) >= 11 is 0. The van der Waals surface area contributed by atoms with Crippen LogP contribution in [0.3, 0.4) is 0 Å². The molecule has 2 N–H and O–H groups in total. The van der Waals surface area contributed by atoms with Gasteiger partial charge in [-0.15, -0.1) is 0 Å². The Hall–Kier alpha value is -3.12. The molecule has 0 fully saturated rings. The van der Waals surface area contributed by atoms with Crippen molar-refractivity contribution in [3.63, 3.8) is 0 Å². The van der Waals surface area contributed by atoms with Crippen LogP contribution in [0.1, 0.15) is 43.2 Å². The molecule has 0 aliphatic rings. The number of benzene rings is 1. The van der Waals surface area contributed by atoms with Gasteiger partial charge in [0.2, 0.25) is 0 Å². The number of esters is 1. The van der Waals surface area contributed by atoms with Crippen molar-refractivity contribution in [2.45, 2.75) is 45.8 Å². The molecule has 0 aliphatic heterocycles. The lowest BCUT2D eigenvalue weighted by atomic mass is 9.91. The van der Waals surface area contributed by atoms with Crippen molar-refractivity contribution in [1.82, 2.24) is 0 Å². The summed E-state index contributed by atoms with van der Waals surface area (Å²) in [5, 5.41) is 20.6. The highest BCUT2D eigenvalue weighted by atomic mass is 16.6. The number of carbonyl (C=O) groups excluding carboxylic acids is 2. The first-order valence-corrected chi connectivity index (χ1v) is 9.22. The van der Waals surface area contributed by atoms with Crippen molar-refractivity contribution in [3.05, 3.63) is 65.1 Å². The van der Waals surface area contributed by atoms with Gasteiger partial charge < -0.3 is 19.4 Å². The molecule has 0 unspecified atom stereocenters. The Bertz CT molecular complexity index is 914. The minimum atomic E-state index is -1.30. The van der Waals surface area contributed by atoms with Crippen LogP contribution < -0.4 is 0 Å². The van der Waals surface area contributed by atoms with Crippen molar-refractivity contribution in [3.8, 4) is 5.75 Å². The van der Waals surface area contributed by atoms with Crippen molar-refractivity contribution in [2.75, 3.05) is 0 Å². The average Bonchev–Trinajstić information content (AvgIpc) is 3.13. The number of hydrogen-bond donors (Lipinski definition) is 2. The van der Waals surface area contributed by atoms with Gasteiger partial charge in [0.25, 0.3) is 0 Å². The molecule has 2 rings (SSSR count). The first-order chi connectivity index (χ1) is 13.6. The number of furan rings is 1. The van der Waals surface area contributed by atoms with Crippen LogP contribution in [0.15, 0.2) is 47.1 Å². The maximum absolute atomic E-state index is 12.2. The second kappa shape index (κ2) is 9.39. The second-order valence-electron chi connectivity index (χ2n) is 7.41. The van der Waals surface area contributed by atoms with Gasteiger partial charge >= 0.3 is 5.97 Å². The van der Waals surface area contributed by atoms with E-state index in [9.17, 15) is 19.8 Å². The number of ketones is 1. The summed E-state index contributed by atoms with van der Waals surface area (Å²) in [5.74, 6) is -0.195. The lowest BCUT2D eigenvalue weighted by Gasteiger charge is -2.29. The van der Waals surface area contributed by atoms with E-state index in [0.717, 1.165) is 11.1 Å². The van der Waals surface area contributed by atoms with Crippen LogP contribution in [-0.2, 0) is 20.7 Å². The fourth-order valence-corrected chi connectivity index (χ4v) is 2.67. The number of rotatable bonds is 8. The summed E-state index contributed by atoms with van der Waals surface area (Å²) in [7, 11) is 0. The third-order valence-electron chi connectivity index (χ3n) is 4.36. The number of aryl methyl sites for hydroxylation is 1. The normalized spacial score (nSPS) is 13.1. The van der Waals surface area contributed by atoms with Crippen LogP contribution in [0.2, 0.25) is 0 Å². The van der Waals surface area contributed by atoms with E-state index in [0.29, 0.717) is 11.3 Å². The van der Waals surface area contributed by atoms with Crippen molar-refractivity contribution >= 4 is 23.9 Å². The summed E-state index contributed by atoms with van der Waals surface area (Å²) in [6.45, 7) is 6.36. The Balaban J connectivity index is 2.22. The number of hydrogen-bond acceptors (Lipinski definition) is 6. The predicted molar refractivity (Wildman–Crippen MR) is 110 cm³/mol. The quantitative estimate of drug-likeness (QED) is 0.518. The molecule has 0 saturated heterocycles. The second-order valence-corrected chi connectivity index (χ2v) is 7.41. The average molecular weight is 398 g/mol. The smallest absolute Gasteiger partial charge is 0.331 e. The van der Waals surface area contributed by atoms with Gasteiger partial charge in [-0.25, -0.2) is 4.79 Å². The van der Waals surface area contributed by atoms with E-state index in [4.69, 9.17) is 9.15 Å². The standard InChI is InChI=1S/C23H26O6/c1-15-12-20(25)17(8-7-16(2)24)13-18(15)14-21(23(3,4)27)29-22(26)10-9-19-6-5-11-28-19/h5-13,21,25,27H,14H2,1-4H3/b8-7-,10-9+/t21-/m0/s1. The van der Waals surface area contributed by atoms with Crippen LogP contribution in [0.25, 0.3) is 12.2 Å². The van der Waals surface area contributed by atoms with Crippen molar-refractivity contribution in [2.24, 2.45) is 0 Å². The Morgan fingerprint density at radius 3 is 2.55 bits per heavy atom. The minimum absolute atomic E-state index is 0.0435. The zero-order valence-electron chi connectivity index (χ0n) is 17.0. The van der Waals surface area contributed by atoms with E-state index in [1.54, 1.807) is 38.1 Å². The molecule has 0 aliphatic carbocycles. The number of phenolic OH excluding ortho intramolecular Hbond substituents is 1. The fourth-order valence-electron chi connectivity index (χ4n) is 2.67. The number of allylic oxidation sites excluding steroid dienone is 1. The van der Waals surface area contributed by atoms with Crippen LogP contribution in [0.5, 0.6) is 5.75 Å². The van der Waals surface area contributed by atoms with E-state index in [-0.39, 0.29) is 18.0 Å². The first-order valence-electron chi connectivity index (χ1n) is 9.22. The van der Waals surface area contributed by atoms with E-state index < -0.39 is 17.7 Å². The summed E-state index contributed by atoms with van der Waals surface area (Å²) < 4.78 is 10.6. The maximum atomic E-state index is 12.2. The highest BCUT2D eigenvalue weighted by molar-refractivity contribution is 5.92. The SMILES string of the molecule is CC(=O)/C=C\c1cc(C[C@H](OC(=O)/C=C/c2ccco2)C(C)(C)O)c(C)cc1O. The van der Waals surface area contributed by atoms with E-state index >= 15 is 0 Å². The highest BCUT2D eigenvalue weighted by Crippen LogP contribution is 2.27. The van der Waals surface area contributed by atoms with Crippen molar-refractivity contribution in [1.29, 1.82) is 0 Å². The van der Waals surface area contributed by atoms with Crippen LogP contribution in [0, 0.1) is 6.92 Å². The van der Waals surface area contributed by atoms with Gasteiger partial charge in [-0.3, -0.25) is 4.79 Å². The fraction of sp³-hybridized carbons (Fsp3) is 0.304. The zero-order chi connectivity index (χ0) is 21.6. The topological polar surface area (TPSA) is 97.0 Å². The number of ether oxygens (including phenoxy) is 1.